The summed E-state index contributed by atoms with van der Waals surface area (Å²) in [5.41, 5.74) is 6.58. The second kappa shape index (κ2) is 5.05. The minimum atomic E-state index is 0.562. The lowest BCUT2D eigenvalue weighted by atomic mass is 10.0. The smallest absolute Gasteiger partial charge is 0.107 e. The highest BCUT2D eigenvalue weighted by atomic mass is 32.1. The Kier molecular flexibility index (Phi) is 3.72. The summed E-state index contributed by atoms with van der Waals surface area (Å²) in [4.78, 5) is 7.01. The van der Waals surface area contributed by atoms with E-state index in [0.29, 0.717) is 6.54 Å². The molecule has 1 unspecified atom stereocenters. The van der Waals surface area contributed by atoms with Gasteiger partial charge in [0, 0.05) is 18.5 Å². The maximum Gasteiger partial charge on any atom is 0.107 e. The van der Waals surface area contributed by atoms with Crippen molar-refractivity contribution < 1.29 is 0 Å². The normalized spacial score (nSPS) is 23.2. The maximum absolute atomic E-state index is 5.55. The van der Waals surface area contributed by atoms with E-state index in [1.807, 2.05) is 0 Å². The zero-order chi connectivity index (χ0) is 10.7. The molecule has 15 heavy (non-hydrogen) atoms. The van der Waals surface area contributed by atoms with E-state index in [0.717, 1.165) is 18.2 Å². The molecule has 1 atom stereocenters. The molecule has 2 N–H and O–H groups in total. The van der Waals surface area contributed by atoms with E-state index in [-0.39, 0.29) is 0 Å². The highest BCUT2D eigenvalue weighted by molar-refractivity contribution is 7.09. The summed E-state index contributed by atoms with van der Waals surface area (Å²) < 4.78 is 0. The molecule has 1 aromatic heterocycles. The van der Waals surface area contributed by atoms with E-state index in [4.69, 9.17) is 5.73 Å². The van der Waals surface area contributed by atoms with Crippen molar-refractivity contribution >= 4 is 11.3 Å². The Bertz CT molecular complexity index is 311. The molecule has 0 saturated carbocycles. The third-order valence-electron chi connectivity index (χ3n) is 2.91. The van der Waals surface area contributed by atoms with Crippen molar-refractivity contribution in [3.8, 4) is 0 Å². The average Bonchev–Trinajstić information content (AvgIpc) is 2.65. The zero-order valence-corrected chi connectivity index (χ0v) is 10.1. The number of hydrogen-bond acceptors (Lipinski definition) is 4. The van der Waals surface area contributed by atoms with Gasteiger partial charge in [-0.3, -0.25) is 4.90 Å². The number of rotatable bonds is 3. The van der Waals surface area contributed by atoms with Crippen LogP contribution in [-0.4, -0.2) is 23.0 Å². The molecule has 0 aromatic carbocycles. The third kappa shape index (κ3) is 3.00. The molecule has 0 bridgehead atoms. The molecule has 1 fully saturated rings. The Hall–Kier alpha value is -0.450. The predicted octanol–water partition coefficient (Wildman–Crippen LogP) is 1.83. The fourth-order valence-electron chi connectivity index (χ4n) is 2.14. The number of nitrogens with two attached hydrogens (primary N) is 1. The van der Waals surface area contributed by atoms with Crippen LogP contribution in [0.25, 0.3) is 0 Å². The van der Waals surface area contributed by atoms with Crippen LogP contribution < -0.4 is 5.73 Å². The first-order chi connectivity index (χ1) is 7.28. The van der Waals surface area contributed by atoms with Gasteiger partial charge in [-0.15, -0.1) is 11.3 Å². The molecule has 2 heterocycles. The Morgan fingerprint density at radius 3 is 3.20 bits per heavy atom. The number of hydrogen-bond donors (Lipinski definition) is 1. The Morgan fingerprint density at radius 1 is 1.67 bits per heavy atom. The van der Waals surface area contributed by atoms with E-state index in [1.54, 1.807) is 11.3 Å². The van der Waals surface area contributed by atoms with Crippen molar-refractivity contribution in [1.29, 1.82) is 0 Å². The molecular formula is C11H19N3S. The summed E-state index contributed by atoms with van der Waals surface area (Å²) in [7, 11) is 0. The van der Waals surface area contributed by atoms with Crippen LogP contribution >= 0.6 is 11.3 Å². The van der Waals surface area contributed by atoms with Gasteiger partial charge in [-0.1, -0.05) is 6.92 Å². The molecule has 0 radical (unpaired) electrons. The first-order valence-corrected chi connectivity index (χ1v) is 6.51. The van der Waals surface area contributed by atoms with Crippen LogP contribution in [0.5, 0.6) is 0 Å². The fourth-order valence-corrected chi connectivity index (χ4v) is 2.98. The maximum atomic E-state index is 5.55. The second-order valence-corrected chi connectivity index (χ2v) is 5.36. The van der Waals surface area contributed by atoms with Gasteiger partial charge < -0.3 is 5.73 Å². The lowest BCUT2D eigenvalue weighted by Crippen LogP contribution is -2.33. The topological polar surface area (TPSA) is 42.2 Å². The molecule has 1 aliphatic rings. The van der Waals surface area contributed by atoms with Gasteiger partial charge in [-0.05, 0) is 25.3 Å². The standard InChI is InChI=1S/C11H19N3S/c1-9-3-2-4-14(6-9)7-11-13-10(5-12)8-15-11/h8-9H,2-7,12H2,1H3. The second-order valence-electron chi connectivity index (χ2n) is 4.42. The number of thiazole rings is 1. The molecule has 4 heteroatoms. The van der Waals surface area contributed by atoms with Gasteiger partial charge >= 0.3 is 0 Å². The van der Waals surface area contributed by atoms with Crippen LogP contribution in [0.1, 0.15) is 30.5 Å². The largest absolute Gasteiger partial charge is 0.325 e. The predicted molar refractivity (Wildman–Crippen MR) is 63.7 cm³/mol. The molecule has 3 nitrogen and oxygen atoms in total. The van der Waals surface area contributed by atoms with Crippen LogP contribution in [0, 0.1) is 5.92 Å². The molecule has 1 aliphatic heterocycles. The number of likely N-dealkylation sites (tertiary alicyclic amines) is 1. The van der Waals surface area contributed by atoms with Crippen LogP contribution in [0.15, 0.2) is 5.38 Å². The summed E-state index contributed by atoms with van der Waals surface area (Å²) in [5.74, 6) is 0.840. The minimum absolute atomic E-state index is 0.562. The average molecular weight is 225 g/mol. The van der Waals surface area contributed by atoms with E-state index in [1.165, 1.54) is 30.9 Å². The van der Waals surface area contributed by atoms with Crippen molar-refractivity contribution in [2.45, 2.75) is 32.9 Å². The van der Waals surface area contributed by atoms with Crippen molar-refractivity contribution in [2.75, 3.05) is 13.1 Å². The highest BCUT2D eigenvalue weighted by Crippen LogP contribution is 2.19. The molecule has 0 spiro atoms. The summed E-state index contributed by atoms with van der Waals surface area (Å²) >= 11 is 1.74. The third-order valence-corrected chi connectivity index (χ3v) is 3.79. The lowest BCUT2D eigenvalue weighted by Gasteiger charge is -2.29. The lowest BCUT2D eigenvalue weighted by molar-refractivity contribution is 0.176. The van der Waals surface area contributed by atoms with Crippen molar-refractivity contribution in [1.82, 2.24) is 9.88 Å². The molecule has 0 aliphatic carbocycles. The monoisotopic (exact) mass is 225 g/mol. The number of piperidine rings is 1. The van der Waals surface area contributed by atoms with Gasteiger partial charge in [0.1, 0.15) is 5.01 Å². The van der Waals surface area contributed by atoms with Crippen molar-refractivity contribution in [3.63, 3.8) is 0 Å². The molecule has 84 valence electrons. The van der Waals surface area contributed by atoms with Gasteiger partial charge in [0.15, 0.2) is 0 Å². The summed E-state index contributed by atoms with van der Waals surface area (Å²) in [6.45, 7) is 6.35. The SMILES string of the molecule is CC1CCCN(Cc2nc(CN)cs2)C1. The molecular weight excluding hydrogens is 206 g/mol. The van der Waals surface area contributed by atoms with Crippen LogP contribution in [0.4, 0.5) is 0 Å². The molecule has 1 saturated heterocycles. The fraction of sp³-hybridized carbons (Fsp3) is 0.727. The van der Waals surface area contributed by atoms with E-state index in [9.17, 15) is 0 Å². The Morgan fingerprint density at radius 2 is 2.53 bits per heavy atom. The highest BCUT2D eigenvalue weighted by Gasteiger charge is 2.17. The molecule has 0 amide bonds. The van der Waals surface area contributed by atoms with E-state index >= 15 is 0 Å². The van der Waals surface area contributed by atoms with Crippen molar-refractivity contribution in [2.24, 2.45) is 11.7 Å². The van der Waals surface area contributed by atoms with Gasteiger partial charge in [0.25, 0.3) is 0 Å². The Balaban J connectivity index is 1.90. The zero-order valence-electron chi connectivity index (χ0n) is 9.28. The molecule has 1 aromatic rings. The van der Waals surface area contributed by atoms with Crippen LogP contribution in [0.2, 0.25) is 0 Å². The minimum Gasteiger partial charge on any atom is -0.325 e. The number of nitrogens with zero attached hydrogens (tertiary/aromatic N) is 2. The van der Waals surface area contributed by atoms with Crippen molar-refractivity contribution in [3.05, 3.63) is 16.1 Å². The first-order valence-electron chi connectivity index (χ1n) is 5.63. The summed E-state index contributed by atoms with van der Waals surface area (Å²) in [5, 5.41) is 3.28. The summed E-state index contributed by atoms with van der Waals surface area (Å²) in [6.07, 6.45) is 2.71. The van der Waals surface area contributed by atoms with E-state index < -0.39 is 0 Å². The van der Waals surface area contributed by atoms with Crippen LogP contribution in [-0.2, 0) is 13.1 Å². The van der Waals surface area contributed by atoms with Crippen LogP contribution in [0.3, 0.4) is 0 Å². The first kappa shape index (κ1) is 11.0. The van der Waals surface area contributed by atoms with Gasteiger partial charge in [-0.25, -0.2) is 4.98 Å². The van der Waals surface area contributed by atoms with Gasteiger partial charge in [-0.2, -0.15) is 0 Å². The van der Waals surface area contributed by atoms with Gasteiger partial charge in [0.05, 0.1) is 12.2 Å². The van der Waals surface area contributed by atoms with E-state index in [2.05, 4.69) is 22.2 Å². The van der Waals surface area contributed by atoms with Gasteiger partial charge in [0.2, 0.25) is 0 Å². The Labute approximate surface area is 95.3 Å². The summed E-state index contributed by atoms with van der Waals surface area (Å²) in [6, 6.07) is 0. The number of aromatic nitrogens is 1. The molecule has 2 rings (SSSR count). The quantitative estimate of drug-likeness (QED) is 0.853.